The molecule has 0 N–H and O–H groups in total. The maximum absolute atomic E-state index is 5.92. The number of hydrogen-bond donors (Lipinski definition) is 0. The molecule has 0 fully saturated rings. The summed E-state index contributed by atoms with van der Waals surface area (Å²) >= 11 is 0. The Kier molecular flexibility index (Phi) is 7.85. The van der Waals surface area contributed by atoms with Crippen molar-refractivity contribution in [3.63, 3.8) is 0 Å². The Morgan fingerprint density at radius 3 is 2.83 bits per heavy atom. The predicted octanol–water partition coefficient (Wildman–Crippen LogP) is 4.16. The van der Waals surface area contributed by atoms with Crippen molar-refractivity contribution in [1.29, 1.82) is 0 Å². The van der Waals surface area contributed by atoms with Crippen molar-refractivity contribution in [2.45, 2.75) is 58.0 Å². The van der Waals surface area contributed by atoms with Gasteiger partial charge in [0, 0.05) is 12.3 Å². The van der Waals surface area contributed by atoms with Crippen LogP contribution in [0.25, 0.3) is 0 Å². The second-order valence-corrected chi connectivity index (χ2v) is 4.50. The minimum Gasteiger partial charge on any atom is -0.474 e. The lowest BCUT2D eigenvalue weighted by atomic mass is 10.1. The van der Waals surface area contributed by atoms with Crippen molar-refractivity contribution < 1.29 is 4.74 Å². The Hall–Kier alpha value is -1.38. The fourth-order valence-corrected chi connectivity index (χ4v) is 1.87. The molecule has 0 aliphatic heterocycles. The van der Waals surface area contributed by atoms with Crippen LogP contribution in [0.2, 0.25) is 0 Å². The molecular formula is C15H24N2O. The van der Waals surface area contributed by atoms with Gasteiger partial charge in [-0.25, -0.2) is 9.97 Å². The van der Waals surface area contributed by atoms with E-state index >= 15 is 0 Å². The number of nitrogens with zero attached hydrogens (tertiary/aromatic N) is 2. The summed E-state index contributed by atoms with van der Waals surface area (Å²) < 4.78 is 5.92. The largest absolute Gasteiger partial charge is 0.474 e. The van der Waals surface area contributed by atoms with Crippen LogP contribution < -0.4 is 4.74 Å². The maximum Gasteiger partial charge on any atom is 0.216 e. The summed E-state index contributed by atoms with van der Waals surface area (Å²) in [6.07, 6.45) is 13.6. The zero-order chi connectivity index (χ0) is 13.1. The second kappa shape index (κ2) is 9.63. The third-order valence-electron chi connectivity index (χ3n) is 2.91. The average Bonchev–Trinajstić information content (AvgIpc) is 2.41. The molecule has 0 amide bonds. The maximum atomic E-state index is 5.92. The number of aromatic nitrogens is 2. The molecule has 0 spiro atoms. The third kappa shape index (κ3) is 6.38. The summed E-state index contributed by atoms with van der Waals surface area (Å²) in [5.74, 6) is 0.690. The Bertz CT molecular complexity index is 314. The van der Waals surface area contributed by atoms with Crippen LogP contribution in [0.15, 0.2) is 31.2 Å². The first-order valence-corrected chi connectivity index (χ1v) is 6.90. The molecule has 0 aromatic carbocycles. The average molecular weight is 248 g/mol. The van der Waals surface area contributed by atoms with Gasteiger partial charge in [-0.3, -0.25) is 0 Å². The molecule has 3 nitrogen and oxygen atoms in total. The van der Waals surface area contributed by atoms with E-state index in [9.17, 15) is 0 Å². The molecule has 0 saturated carbocycles. The molecule has 0 aliphatic carbocycles. The predicted molar refractivity (Wildman–Crippen MR) is 74.6 cm³/mol. The van der Waals surface area contributed by atoms with Crippen LogP contribution in [-0.4, -0.2) is 16.1 Å². The van der Waals surface area contributed by atoms with Crippen LogP contribution >= 0.6 is 0 Å². The summed E-state index contributed by atoms with van der Waals surface area (Å²) in [7, 11) is 0. The van der Waals surface area contributed by atoms with E-state index in [1.807, 2.05) is 12.1 Å². The number of ether oxygens (including phenoxy) is 1. The van der Waals surface area contributed by atoms with Crippen molar-refractivity contribution in [3.8, 4) is 5.88 Å². The molecule has 0 bridgehead atoms. The highest BCUT2D eigenvalue weighted by atomic mass is 16.5. The van der Waals surface area contributed by atoms with Gasteiger partial charge in [0.1, 0.15) is 12.4 Å². The lowest BCUT2D eigenvalue weighted by Crippen LogP contribution is -2.17. The van der Waals surface area contributed by atoms with Gasteiger partial charge in [-0.2, -0.15) is 0 Å². The zero-order valence-electron chi connectivity index (χ0n) is 11.3. The van der Waals surface area contributed by atoms with Gasteiger partial charge in [-0.1, -0.05) is 25.8 Å². The first-order chi connectivity index (χ1) is 8.86. The van der Waals surface area contributed by atoms with E-state index in [-0.39, 0.29) is 6.10 Å². The van der Waals surface area contributed by atoms with Crippen LogP contribution in [0.3, 0.4) is 0 Å². The topological polar surface area (TPSA) is 35.0 Å². The van der Waals surface area contributed by atoms with E-state index in [1.54, 1.807) is 6.20 Å². The molecule has 1 rings (SSSR count). The van der Waals surface area contributed by atoms with Crippen molar-refractivity contribution >= 4 is 0 Å². The van der Waals surface area contributed by atoms with E-state index in [0.717, 1.165) is 19.3 Å². The molecule has 0 saturated heterocycles. The molecule has 18 heavy (non-hydrogen) atoms. The summed E-state index contributed by atoms with van der Waals surface area (Å²) in [6, 6.07) is 1.82. The SMILES string of the molecule is C=CCCCCC(CCCC)Oc1ccncn1. The van der Waals surface area contributed by atoms with Gasteiger partial charge in [0.2, 0.25) is 5.88 Å². The van der Waals surface area contributed by atoms with E-state index in [1.165, 1.54) is 32.0 Å². The normalized spacial score (nSPS) is 12.1. The zero-order valence-corrected chi connectivity index (χ0v) is 11.3. The van der Waals surface area contributed by atoms with Crippen LogP contribution in [0.5, 0.6) is 5.88 Å². The lowest BCUT2D eigenvalue weighted by molar-refractivity contribution is 0.166. The number of allylic oxidation sites excluding steroid dienone is 1. The minimum atomic E-state index is 0.282. The summed E-state index contributed by atoms with van der Waals surface area (Å²) in [6.45, 7) is 5.95. The number of unbranched alkanes of at least 4 members (excludes halogenated alkanes) is 3. The number of hydrogen-bond acceptors (Lipinski definition) is 3. The van der Waals surface area contributed by atoms with Gasteiger partial charge in [0.05, 0.1) is 0 Å². The molecule has 1 aromatic heterocycles. The standard InChI is InChI=1S/C15H24N2O/c1-3-5-7-8-10-14(9-6-4-2)18-15-11-12-16-13-17-15/h3,11-14H,1,4-10H2,2H3. The smallest absolute Gasteiger partial charge is 0.216 e. The lowest BCUT2D eigenvalue weighted by Gasteiger charge is -2.18. The highest BCUT2D eigenvalue weighted by Crippen LogP contribution is 2.16. The molecular weight excluding hydrogens is 224 g/mol. The monoisotopic (exact) mass is 248 g/mol. The van der Waals surface area contributed by atoms with E-state index in [4.69, 9.17) is 4.74 Å². The molecule has 0 radical (unpaired) electrons. The molecule has 1 unspecified atom stereocenters. The highest BCUT2D eigenvalue weighted by molar-refractivity contribution is 5.04. The van der Waals surface area contributed by atoms with E-state index in [0.29, 0.717) is 5.88 Å². The van der Waals surface area contributed by atoms with Gasteiger partial charge in [-0.15, -0.1) is 6.58 Å². The van der Waals surface area contributed by atoms with Gasteiger partial charge in [0.15, 0.2) is 0 Å². The van der Waals surface area contributed by atoms with Crippen molar-refractivity contribution in [1.82, 2.24) is 9.97 Å². The van der Waals surface area contributed by atoms with E-state index in [2.05, 4.69) is 23.5 Å². The van der Waals surface area contributed by atoms with Gasteiger partial charge in [0.25, 0.3) is 0 Å². The molecule has 1 atom stereocenters. The van der Waals surface area contributed by atoms with Gasteiger partial charge >= 0.3 is 0 Å². The summed E-state index contributed by atoms with van der Waals surface area (Å²) in [4.78, 5) is 8.02. The molecule has 3 heteroatoms. The Morgan fingerprint density at radius 2 is 2.17 bits per heavy atom. The Morgan fingerprint density at radius 1 is 1.33 bits per heavy atom. The highest BCUT2D eigenvalue weighted by Gasteiger charge is 2.10. The second-order valence-electron chi connectivity index (χ2n) is 4.50. The van der Waals surface area contributed by atoms with Gasteiger partial charge in [-0.05, 0) is 32.1 Å². The molecule has 1 aromatic rings. The first kappa shape index (κ1) is 14.7. The number of rotatable bonds is 10. The van der Waals surface area contributed by atoms with Crippen molar-refractivity contribution in [2.75, 3.05) is 0 Å². The fourth-order valence-electron chi connectivity index (χ4n) is 1.87. The van der Waals surface area contributed by atoms with Crippen molar-refractivity contribution in [2.24, 2.45) is 0 Å². The molecule has 100 valence electrons. The van der Waals surface area contributed by atoms with E-state index < -0.39 is 0 Å². The van der Waals surface area contributed by atoms with Crippen LogP contribution in [-0.2, 0) is 0 Å². The molecule has 1 heterocycles. The van der Waals surface area contributed by atoms with Gasteiger partial charge < -0.3 is 4.74 Å². The first-order valence-electron chi connectivity index (χ1n) is 6.90. The Balaban J connectivity index is 2.37. The van der Waals surface area contributed by atoms with Crippen molar-refractivity contribution in [3.05, 3.63) is 31.2 Å². The third-order valence-corrected chi connectivity index (χ3v) is 2.91. The van der Waals surface area contributed by atoms with Crippen LogP contribution in [0, 0.1) is 0 Å². The fraction of sp³-hybridized carbons (Fsp3) is 0.600. The minimum absolute atomic E-state index is 0.282. The summed E-state index contributed by atoms with van der Waals surface area (Å²) in [5.41, 5.74) is 0. The Labute approximate surface area is 110 Å². The quantitative estimate of drug-likeness (QED) is 0.460. The summed E-state index contributed by atoms with van der Waals surface area (Å²) in [5, 5.41) is 0. The molecule has 0 aliphatic rings. The van der Waals surface area contributed by atoms with Crippen LogP contribution in [0.1, 0.15) is 51.9 Å². The van der Waals surface area contributed by atoms with Crippen LogP contribution in [0.4, 0.5) is 0 Å².